The van der Waals surface area contributed by atoms with Gasteiger partial charge in [-0.1, -0.05) is 18.2 Å². The number of halogens is 1. The molecule has 0 radical (unpaired) electrons. The van der Waals surface area contributed by atoms with Gasteiger partial charge in [0.1, 0.15) is 11.6 Å². The zero-order chi connectivity index (χ0) is 19.7. The highest BCUT2D eigenvalue weighted by Crippen LogP contribution is 2.29. The molecule has 146 valence electrons. The number of benzene rings is 2. The Bertz CT molecular complexity index is 896. The molecule has 4 rings (SSSR count). The maximum atomic E-state index is 14.0. The molecule has 0 N–H and O–H groups in total. The Morgan fingerprint density at radius 1 is 1.00 bits per heavy atom. The van der Waals surface area contributed by atoms with Crippen LogP contribution < -0.4 is 14.5 Å². The van der Waals surface area contributed by atoms with Gasteiger partial charge < -0.3 is 9.64 Å². The minimum atomic E-state index is -0.471. The highest BCUT2D eigenvalue weighted by Gasteiger charge is 2.43. The van der Waals surface area contributed by atoms with Crippen LogP contribution in [0.3, 0.4) is 0 Å². The van der Waals surface area contributed by atoms with E-state index in [0.29, 0.717) is 43.3 Å². The van der Waals surface area contributed by atoms with Crippen LogP contribution in [0.4, 0.5) is 15.8 Å². The van der Waals surface area contributed by atoms with Gasteiger partial charge in [0, 0.05) is 32.2 Å². The lowest BCUT2D eigenvalue weighted by Crippen LogP contribution is -2.52. The van der Waals surface area contributed by atoms with Gasteiger partial charge in [-0.25, -0.2) is 9.29 Å². The molecule has 7 heteroatoms. The quantitative estimate of drug-likeness (QED) is 0.759. The average molecular weight is 383 g/mol. The van der Waals surface area contributed by atoms with Crippen LogP contribution in [0.5, 0.6) is 5.75 Å². The smallest absolute Gasteiger partial charge is 0.251 e. The summed E-state index contributed by atoms with van der Waals surface area (Å²) >= 11 is 0. The molecule has 28 heavy (non-hydrogen) atoms. The summed E-state index contributed by atoms with van der Waals surface area (Å²) in [5.74, 6) is -0.0651. The minimum Gasteiger partial charge on any atom is -0.497 e. The Labute approximate surface area is 163 Å². The highest BCUT2D eigenvalue weighted by atomic mass is 19.1. The molecular weight excluding hydrogens is 361 g/mol. The predicted octanol–water partition coefficient (Wildman–Crippen LogP) is 2.29. The Kier molecular flexibility index (Phi) is 5.00. The summed E-state index contributed by atoms with van der Waals surface area (Å²) < 4.78 is 19.2. The van der Waals surface area contributed by atoms with Crippen molar-refractivity contribution in [1.82, 2.24) is 4.90 Å². The molecule has 2 fully saturated rings. The number of anilines is 2. The zero-order valence-electron chi connectivity index (χ0n) is 15.7. The molecule has 2 aliphatic rings. The van der Waals surface area contributed by atoms with E-state index in [-0.39, 0.29) is 24.1 Å². The molecule has 0 saturated carbocycles. The summed E-state index contributed by atoms with van der Waals surface area (Å²) in [4.78, 5) is 30.8. The van der Waals surface area contributed by atoms with Gasteiger partial charge in [-0.15, -0.1) is 0 Å². The van der Waals surface area contributed by atoms with Crippen LogP contribution in [0.1, 0.15) is 6.42 Å². The Morgan fingerprint density at radius 2 is 1.75 bits per heavy atom. The van der Waals surface area contributed by atoms with Crippen LogP contribution in [0.15, 0.2) is 48.5 Å². The first-order valence-corrected chi connectivity index (χ1v) is 9.33. The fraction of sp³-hybridized carbons (Fsp3) is 0.333. The van der Waals surface area contributed by atoms with E-state index in [0.717, 1.165) is 0 Å². The van der Waals surface area contributed by atoms with Crippen LogP contribution in [-0.4, -0.2) is 56.0 Å². The molecular formula is C21H22FN3O3. The van der Waals surface area contributed by atoms with E-state index in [1.54, 1.807) is 43.5 Å². The molecule has 2 aromatic rings. The van der Waals surface area contributed by atoms with Crippen molar-refractivity contribution in [2.45, 2.75) is 12.5 Å². The van der Waals surface area contributed by atoms with E-state index in [4.69, 9.17) is 4.74 Å². The number of nitrogens with zero attached hydrogens (tertiary/aromatic N) is 3. The van der Waals surface area contributed by atoms with E-state index in [2.05, 4.69) is 0 Å². The summed E-state index contributed by atoms with van der Waals surface area (Å²) in [6.07, 6.45) is 0.162. The van der Waals surface area contributed by atoms with E-state index in [1.807, 2.05) is 15.9 Å². The molecule has 0 aliphatic carbocycles. The van der Waals surface area contributed by atoms with Crippen LogP contribution >= 0.6 is 0 Å². The number of imide groups is 1. The molecule has 2 saturated heterocycles. The monoisotopic (exact) mass is 383 g/mol. The topological polar surface area (TPSA) is 53.1 Å². The first-order valence-electron chi connectivity index (χ1n) is 9.33. The summed E-state index contributed by atoms with van der Waals surface area (Å²) in [5.41, 5.74) is 1.11. The van der Waals surface area contributed by atoms with Crippen molar-refractivity contribution in [2.75, 3.05) is 43.1 Å². The van der Waals surface area contributed by atoms with Gasteiger partial charge in [-0.05, 0) is 24.3 Å². The van der Waals surface area contributed by atoms with Crippen molar-refractivity contribution in [3.63, 3.8) is 0 Å². The second-order valence-electron chi connectivity index (χ2n) is 6.96. The first kappa shape index (κ1) is 18.4. The summed E-state index contributed by atoms with van der Waals surface area (Å²) in [5, 5.41) is 0. The summed E-state index contributed by atoms with van der Waals surface area (Å²) in [6, 6.07) is 13.2. The van der Waals surface area contributed by atoms with Crippen molar-refractivity contribution in [3.05, 3.63) is 54.3 Å². The van der Waals surface area contributed by atoms with Gasteiger partial charge in [-0.3, -0.25) is 14.5 Å². The standard InChI is InChI=1S/C21H22FN3O3/c1-28-16-6-4-5-15(13-16)25-20(26)14-19(21(25)27)24-11-9-23(10-12-24)18-8-3-2-7-17(18)22/h2-8,13,19H,9-12,14H2,1H3/t19-/m0/s1. The molecule has 2 aliphatic heterocycles. The Hall–Kier alpha value is -2.93. The number of methoxy groups -OCH3 is 1. The van der Waals surface area contributed by atoms with Crippen molar-refractivity contribution >= 4 is 23.2 Å². The first-order chi connectivity index (χ1) is 13.6. The molecule has 2 aromatic carbocycles. The number of para-hydroxylation sites is 1. The zero-order valence-corrected chi connectivity index (χ0v) is 15.7. The lowest BCUT2D eigenvalue weighted by Gasteiger charge is -2.38. The van der Waals surface area contributed by atoms with Gasteiger partial charge in [-0.2, -0.15) is 0 Å². The van der Waals surface area contributed by atoms with Crippen LogP contribution in [0.25, 0.3) is 0 Å². The SMILES string of the molecule is COc1cccc(N2C(=O)C[C@H](N3CCN(c4ccccc4F)CC3)C2=O)c1. The maximum absolute atomic E-state index is 14.0. The fourth-order valence-corrected chi connectivity index (χ4v) is 3.90. The predicted molar refractivity (Wildman–Crippen MR) is 104 cm³/mol. The van der Waals surface area contributed by atoms with Gasteiger partial charge in [0.2, 0.25) is 5.91 Å². The number of carbonyl (C=O) groups excluding carboxylic acids is 2. The number of hydrogen-bond acceptors (Lipinski definition) is 5. The molecule has 2 amide bonds. The third kappa shape index (κ3) is 3.33. The molecule has 0 bridgehead atoms. The number of carbonyl (C=O) groups is 2. The van der Waals surface area contributed by atoms with Gasteiger partial charge in [0.25, 0.3) is 5.91 Å². The third-order valence-electron chi connectivity index (χ3n) is 5.38. The van der Waals surface area contributed by atoms with Crippen molar-refractivity contribution in [3.8, 4) is 5.75 Å². The van der Waals surface area contributed by atoms with Gasteiger partial charge >= 0.3 is 0 Å². The van der Waals surface area contributed by atoms with Gasteiger partial charge in [0.15, 0.2) is 0 Å². The average Bonchev–Trinajstić information content (AvgIpc) is 3.02. The third-order valence-corrected chi connectivity index (χ3v) is 5.38. The molecule has 6 nitrogen and oxygen atoms in total. The lowest BCUT2D eigenvalue weighted by atomic mass is 10.1. The molecule has 0 aromatic heterocycles. The Balaban J connectivity index is 1.45. The highest BCUT2D eigenvalue weighted by molar-refractivity contribution is 6.22. The number of ether oxygens (including phenoxy) is 1. The second kappa shape index (κ2) is 7.59. The van der Waals surface area contributed by atoms with Gasteiger partial charge in [0.05, 0.1) is 30.9 Å². The van der Waals surface area contributed by atoms with E-state index >= 15 is 0 Å². The molecule has 0 unspecified atom stereocenters. The largest absolute Gasteiger partial charge is 0.497 e. The summed E-state index contributed by atoms with van der Waals surface area (Å²) in [6.45, 7) is 2.42. The summed E-state index contributed by atoms with van der Waals surface area (Å²) in [7, 11) is 1.55. The second-order valence-corrected chi connectivity index (χ2v) is 6.96. The number of hydrogen-bond donors (Lipinski definition) is 0. The van der Waals surface area contributed by atoms with E-state index in [1.165, 1.54) is 11.0 Å². The van der Waals surface area contributed by atoms with Crippen LogP contribution in [0.2, 0.25) is 0 Å². The lowest BCUT2D eigenvalue weighted by molar-refractivity contribution is -0.123. The normalized spacial score (nSPS) is 20.7. The fourth-order valence-electron chi connectivity index (χ4n) is 3.90. The van der Waals surface area contributed by atoms with E-state index < -0.39 is 6.04 Å². The molecule has 1 atom stereocenters. The number of piperazine rings is 1. The molecule has 2 heterocycles. The van der Waals surface area contributed by atoms with Crippen molar-refractivity contribution in [2.24, 2.45) is 0 Å². The Morgan fingerprint density at radius 3 is 2.46 bits per heavy atom. The van der Waals surface area contributed by atoms with Crippen molar-refractivity contribution < 1.29 is 18.7 Å². The van der Waals surface area contributed by atoms with Crippen molar-refractivity contribution in [1.29, 1.82) is 0 Å². The number of rotatable bonds is 4. The minimum absolute atomic E-state index is 0.162. The van der Waals surface area contributed by atoms with Crippen LogP contribution in [-0.2, 0) is 9.59 Å². The van der Waals surface area contributed by atoms with Crippen LogP contribution in [0, 0.1) is 5.82 Å². The van der Waals surface area contributed by atoms with E-state index in [9.17, 15) is 14.0 Å². The maximum Gasteiger partial charge on any atom is 0.251 e. The number of amides is 2. The molecule has 0 spiro atoms.